The summed E-state index contributed by atoms with van der Waals surface area (Å²) in [6.07, 6.45) is 6.56. The Morgan fingerprint density at radius 1 is 0.885 bits per heavy atom. The average Bonchev–Trinajstić information content (AvgIpc) is 2.66. The molecule has 2 aromatic rings. The predicted molar refractivity (Wildman–Crippen MR) is 124 cm³/mol. The van der Waals surface area contributed by atoms with Crippen molar-refractivity contribution >= 4 is 50.1 Å². The molecule has 0 aliphatic heterocycles. The molecule has 2 aromatic carbocycles. The second-order valence-electron chi connectivity index (χ2n) is 6.68. The van der Waals surface area contributed by atoms with Crippen molar-refractivity contribution < 1.29 is 0 Å². The lowest BCUT2D eigenvalue weighted by molar-refractivity contribution is 0.637. The van der Waals surface area contributed by atoms with Crippen LogP contribution < -0.4 is 10.9 Å². The zero-order chi connectivity index (χ0) is 18.6. The second-order valence-corrected chi connectivity index (χ2v) is 9.07. The zero-order valence-corrected chi connectivity index (χ0v) is 17.5. The van der Waals surface area contributed by atoms with Gasteiger partial charge < -0.3 is 0 Å². The molecule has 1 atom stereocenters. The lowest BCUT2D eigenvalue weighted by Crippen LogP contribution is -2.28. The first-order valence-corrected chi connectivity index (χ1v) is 11.8. The fourth-order valence-electron chi connectivity index (χ4n) is 2.88. The molecule has 4 heteroatoms. The second kappa shape index (κ2) is 12.6. The molecule has 134 valence electrons. The van der Waals surface area contributed by atoms with E-state index in [-0.39, 0.29) is 0 Å². The van der Waals surface area contributed by atoms with Gasteiger partial charge in [-0.3, -0.25) is 0 Å². The Labute approximate surface area is 171 Å². The molecule has 0 heterocycles. The normalized spacial score (nSPS) is 12.2. The van der Waals surface area contributed by atoms with Crippen LogP contribution in [0.1, 0.15) is 50.2 Å². The minimum atomic E-state index is 0.693. The molecular weight excluding hydrogens is 350 g/mol. The standard InChI is InChI=1S/C22H28B2S2/c1-2-3-5-12-20(26-16-18-9-6-4-7-10-18)14-15-25-17-19-11-8-13-21(23)22(19)24/h4,6-11,13,20H,2-3,5,12,14-17H2,1H3. The van der Waals surface area contributed by atoms with Crippen molar-refractivity contribution in [2.45, 2.75) is 55.8 Å². The van der Waals surface area contributed by atoms with Crippen LogP contribution in [0.15, 0.2) is 48.5 Å². The van der Waals surface area contributed by atoms with Gasteiger partial charge >= 0.3 is 0 Å². The number of hydrogen-bond acceptors (Lipinski definition) is 2. The van der Waals surface area contributed by atoms with Crippen LogP contribution in [0.3, 0.4) is 0 Å². The van der Waals surface area contributed by atoms with E-state index in [0.717, 1.165) is 27.8 Å². The summed E-state index contributed by atoms with van der Waals surface area (Å²) in [7, 11) is 12.0. The molecule has 1 unspecified atom stereocenters. The van der Waals surface area contributed by atoms with Crippen LogP contribution in [0.2, 0.25) is 0 Å². The summed E-state index contributed by atoms with van der Waals surface area (Å²) in [6, 6.07) is 16.8. The summed E-state index contributed by atoms with van der Waals surface area (Å²) in [6.45, 7) is 2.28. The molecule has 2 rings (SSSR count). The highest BCUT2D eigenvalue weighted by Crippen LogP contribution is 2.27. The fourth-order valence-corrected chi connectivity index (χ4v) is 5.33. The Balaban J connectivity index is 1.76. The molecule has 0 spiro atoms. The molecule has 0 aliphatic rings. The van der Waals surface area contributed by atoms with E-state index < -0.39 is 0 Å². The van der Waals surface area contributed by atoms with Crippen molar-refractivity contribution in [3.8, 4) is 0 Å². The van der Waals surface area contributed by atoms with E-state index in [9.17, 15) is 0 Å². The lowest BCUT2D eigenvalue weighted by atomic mass is 9.78. The van der Waals surface area contributed by atoms with Gasteiger partial charge in [0.25, 0.3) is 0 Å². The van der Waals surface area contributed by atoms with Gasteiger partial charge in [0.15, 0.2) is 0 Å². The molecule has 0 nitrogen and oxygen atoms in total. The maximum absolute atomic E-state index is 6.08. The highest BCUT2D eigenvalue weighted by atomic mass is 32.2. The number of thioether (sulfide) groups is 2. The van der Waals surface area contributed by atoms with Crippen LogP contribution in [-0.4, -0.2) is 26.7 Å². The Hall–Kier alpha value is -0.730. The molecule has 4 radical (unpaired) electrons. The van der Waals surface area contributed by atoms with Crippen LogP contribution in [0.25, 0.3) is 0 Å². The molecule has 0 fully saturated rings. The summed E-state index contributed by atoms with van der Waals surface area (Å²) < 4.78 is 0. The molecule has 0 aromatic heterocycles. The highest BCUT2D eigenvalue weighted by molar-refractivity contribution is 7.99. The van der Waals surface area contributed by atoms with Gasteiger partial charge in [-0.1, -0.05) is 80.2 Å². The van der Waals surface area contributed by atoms with Gasteiger partial charge in [-0.2, -0.15) is 23.5 Å². The Morgan fingerprint density at radius 3 is 2.46 bits per heavy atom. The van der Waals surface area contributed by atoms with E-state index in [1.807, 2.05) is 23.9 Å². The third-order valence-corrected chi connectivity index (χ3v) is 7.01. The van der Waals surface area contributed by atoms with E-state index in [0.29, 0.717) is 5.46 Å². The van der Waals surface area contributed by atoms with Crippen molar-refractivity contribution in [1.29, 1.82) is 0 Å². The Kier molecular flexibility index (Phi) is 10.5. The lowest BCUT2D eigenvalue weighted by Gasteiger charge is -2.17. The van der Waals surface area contributed by atoms with Crippen LogP contribution in [0, 0.1) is 0 Å². The number of hydrogen-bond donors (Lipinski definition) is 0. The maximum Gasteiger partial charge on any atom is 0.113 e. The van der Waals surface area contributed by atoms with Crippen molar-refractivity contribution in [3.05, 3.63) is 59.7 Å². The van der Waals surface area contributed by atoms with Crippen LogP contribution in [0.5, 0.6) is 0 Å². The summed E-state index contributed by atoms with van der Waals surface area (Å²) in [5, 5.41) is 0.743. The van der Waals surface area contributed by atoms with Crippen molar-refractivity contribution in [2.75, 3.05) is 5.75 Å². The van der Waals surface area contributed by atoms with Crippen LogP contribution >= 0.6 is 23.5 Å². The maximum atomic E-state index is 6.08. The largest absolute Gasteiger partial charge is 0.157 e. The average molecular weight is 378 g/mol. The van der Waals surface area contributed by atoms with Gasteiger partial charge in [0, 0.05) is 16.8 Å². The van der Waals surface area contributed by atoms with Gasteiger partial charge in [-0.15, -0.1) is 5.46 Å². The minimum Gasteiger partial charge on any atom is -0.157 e. The molecule has 0 saturated heterocycles. The smallest absolute Gasteiger partial charge is 0.113 e. The first-order chi connectivity index (χ1) is 12.7. The van der Waals surface area contributed by atoms with Crippen LogP contribution in [-0.2, 0) is 11.5 Å². The number of unbranched alkanes of at least 4 members (excludes halogenated alkanes) is 2. The van der Waals surface area contributed by atoms with E-state index in [1.165, 1.54) is 43.4 Å². The van der Waals surface area contributed by atoms with Gasteiger partial charge in [-0.05, 0) is 29.7 Å². The molecule has 0 saturated carbocycles. The van der Waals surface area contributed by atoms with Gasteiger partial charge in [0.05, 0.1) is 0 Å². The van der Waals surface area contributed by atoms with Crippen LogP contribution in [0.4, 0.5) is 0 Å². The fraction of sp³-hybridized carbons (Fsp3) is 0.455. The van der Waals surface area contributed by atoms with E-state index in [1.54, 1.807) is 0 Å². The molecule has 26 heavy (non-hydrogen) atoms. The quantitative estimate of drug-likeness (QED) is 0.385. The first-order valence-electron chi connectivity index (χ1n) is 9.56. The van der Waals surface area contributed by atoms with Crippen molar-refractivity contribution in [1.82, 2.24) is 0 Å². The third kappa shape index (κ3) is 7.88. The predicted octanol–water partition coefficient (Wildman–Crippen LogP) is 4.78. The first kappa shape index (κ1) is 21.6. The topological polar surface area (TPSA) is 0 Å². The van der Waals surface area contributed by atoms with E-state index in [4.69, 9.17) is 15.7 Å². The van der Waals surface area contributed by atoms with Crippen molar-refractivity contribution in [2.24, 2.45) is 0 Å². The molecule has 0 bridgehead atoms. The summed E-state index contributed by atoms with van der Waals surface area (Å²) in [5.41, 5.74) is 4.03. The molecule has 0 aliphatic carbocycles. The SMILES string of the molecule is [B]c1cccc(CSCCC(CCCCC)SCc2ccccc2)c1[B]. The Bertz CT molecular complexity index is 631. The van der Waals surface area contributed by atoms with E-state index in [2.05, 4.69) is 55.1 Å². The zero-order valence-electron chi connectivity index (χ0n) is 15.8. The number of benzene rings is 2. The molecular formula is C22H28B2S2. The van der Waals surface area contributed by atoms with Gasteiger partial charge in [0.1, 0.15) is 15.7 Å². The summed E-state index contributed by atoms with van der Waals surface area (Å²) >= 11 is 4.09. The highest BCUT2D eigenvalue weighted by Gasteiger charge is 2.10. The molecule has 0 amide bonds. The van der Waals surface area contributed by atoms with Gasteiger partial charge in [0.2, 0.25) is 0 Å². The monoisotopic (exact) mass is 378 g/mol. The van der Waals surface area contributed by atoms with Gasteiger partial charge in [-0.25, -0.2) is 0 Å². The Morgan fingerprint density at radius 2 is 1.69 bits per heavy atom. The summed E-state index contributed by atoms with van der Waals surface area (Å²) in [4.78, 5) is 0. The van der Waals surface area contributed by atoms with E-state index >= 15 is 0 Å². The van der Waals surface area contributed by atoms with Crippen molar-refractivity contribution in [3.63, 3.8) is 0 Å². The number of rotatable bonds is 12. The minimum absolute atomic E-state index is 0.693. The third-order valence-electron chi connectivity index (χ3n) is 4.53. The summed E-state index contributed by atoms with van der Waals surface area (Å²) in [5.74, 6) is 3.24. The molecule has 0 N–H and O–H groups in total.